The van der Waals surface area contributed by atoms with Crippen molar-refractivity contribution in [3.63, 3.8) is 0 Å². The zero-order valence-electron chi connectivity index (χ0n) is 8.32. The molecule has 0 aromatic heterocycles. The van der Waals surface area contributed by atoms with E-state index in [1.54, 1.807) is 6.07 Å². The fraction of sp³-hybridized carbons (Fsp3) is 0.455. The normalized spacial score (nSPS) is 23.3. The summed E-state index contributed by atoms with van der Waals surface area (Å²) in [5, 5.41) is 13.1. The van der Waals surface area contributed by atoms with Crippen LogP contribution in [0.15, 0.2) is 12.1 Å². The van der Waals surface area contributed by atoms with E-state index in [0.29, 0.717) is 17.4 Å². The summed E-state index contributed by atoms with van der Waals surface area (Å²) in [5.41, 5.74) is 1.13. The zero-order valence-corrected chi connectivity index (χ0v) is 8.32. The van der Waals surface area contributed by atoms with Crippen molar-refractivity contribution < 1.29 is 14.6 Å². The fourth-order valence-corrected chi connectivity index (χ4v) is 2.19. The average Bonchev–Trinajstić information content (AvgIpc) is 2.88. The van der Waals surface area contributed by atoms with Crippen molar-refractivity contribution >= 4 is 0 Å². The maximum Gasteiger partial charge on any atom is 0.231 e. The first kappa shape index (κ1) is 8.85. The van der Waals surface area contributed by atoms with Crippen LogP contribution in [-0.4, -0.2) is 25.0 Å². The highest BCUT2D eigenvalue weighted by Crippen LogP contribution is 2.43. The second kappa shape index (κ2) is 3.31. The van der Waals surface area contributed by atoms with E-state index >= 15 is 0 Å². The highest BCUT2D eigenvalue weighted by atomic mass is 16.7. The second-order valence-electron chi connectivity index (χ2n) is 3.96. The molecule has 4 nitrogen and oxygen atoms in total. The Balaban J connectivity index is 1.99. The molecule has 0 aliphatic carbocycles. The molecule has 0 amide bonds. The molecule has 3 rings (SSSR count). The second-order valence-corrected chi connectivity index (χ2v) is 3.96. The molecule has 4 heteroatoms. The number of fused-ring (bicyclic) bond motifs is 1. The fourth-order valence-electron chi connectivity index (χ4n) is 2.19. The number of ether oxygens (including phenoxy) is 2. The molecule has 1 fully saturated rings. The molecule has 0 spiro atoms. The third-order valence-corrected chi connectivity index (χ3v) is 3.01. The van der Waals surface area contributed by atoms with E-state index in [4.69, 9.17) is 9.47 Å². The Bertz CT molecular complexity index is 386. The zero-order chi connectivity index (χ0) is 10.3. The van der Waals surface area contributed by atoms with Gasteiger partial charge in [0.1, 0.15) is 0 Å². The summed E-state index contributed by atoms with van der Waals surface area (Å²) in [4.78, 5) is 0. The highest BCUT2D eigenvalue weighted by molar-refractivity contribution is 5.55. The molecular weight excluding hydrogens is 194 g/mol. The van der Waals surface area contributed by atoms with Gasteiger partial charge in [-0.15, -0.1) is 0 Å². The van der Waals surface area contributed by atoms with Crippen molar-refractivity contribution in [2.75, 3.05) is 19.9 Å². The number of hydrogen-bond acceptors (Lipinski definition) is 4. The molecule has 1 atom stereocenters. The van der Waals surface area contributed by atoms with Gasteiger partial charge in [0.25, 0.3) is 0 Å². The molecule has 2 aliphatic heterocycles. The third kappa shape index (κ3) is 1.41. The van der Waals surface area contributed by atoms with Gasteiger partial charge in [-0.2, -0.15) is 0 Å². The van der Waals surface area contributed by atoms with E-state index in [1.165, 1.54) is 0 Å². The summed E-state index contributed by atoms with van der Waals surface area (Å²) >= 11 is 0. The maximum atomic E-state index is 9.75. The van der Waals surface area contributed by atoms with Gasteiger partial charge in [0.15, 0.2) is 11.5 Å². The van der Waals surface area contributed by atoms with Gasteiger partial charge >= 0.3 is 0 Å². The van der Waals surface area contributed by atoms with Gasteiger partial charge in [0.05, 0.1) is 0 Å². The predicted molar refractivity (Wildman–Crippen MR) is 54.5 cm³/mol. The molecule has 0 saturated carbocycles. The molecule has 2 N–H and O–H groups in total. The van der Waals surface area contributed by atoms with E-state index in [2.05, 4.69) is 5.32 Å². The number of benzene rings is 1. The number of phenolic OH excluding ortho intramolecular Hbond substituents is 1. The van der Waals surface area contributed by atoms with Crippen LogP contribution < -0.4 is 14.8 Å². The van der Waals surface area contributed by atoms with Crippen LogP contribution in [0.1, 0.15) is 17.9 Å². The number of aromatic hydroxyl groups is 1. The summed E-state index contributed by atoms with van der Waals surface area (Å²) in [6, 6.07) is 3.75. The molecule has 80 valence electrons. The topological polar surface area (TPSA) is 50.7 Å². The first-order chi connectivity index (χ1) is 7.34. The molecule has 1 unspecified atom stereocenters. The quantitative estimate of drug-likeness (QED) is 0.726. The monoisotopic (exact) mass is 207 g/mol. The lowest BCUT2D eigenvalue weighted by Crippen LogP contribution is -2.07. The van der Waals surface area contributed by atoms with Crippen LogP contribution in [0.5, 0.6) is 17.2 Å². The minimum Gasteiger partial charge on any atom is -0.504 e. The molecule has 2 heterocycles. The van der Waals surface area contributed by atoms with Gasteiger partial charge in [-0.1, -0.05) is 0 Å². The van der Waals surface area contributed by atoms with Crippen LogP contribution in [0.25, 0.3) is 0 Å². The van der Waals surface area contributed by atoms with Crippen LogP contribution >= 0.6 is 0 Å². The van der Waals surface area contributed by atoms with Gasteiger partial charge in [-0.3, -0.25) is 0 Å². The average molecular weight is 207 g/mol. The summed E-state index contributed by atoms with van der Waals surface area (Å²) in [7, 11) is 0. The Morgan fingerprint density at radius 2 is 2.27 bits per heavy atom. The van der Waals surface area contributed by atoms with E-state index in [-0.39, 0.29) is 12.5 Å². The van der Waals surface area contributed by atoms with Gasteiger partial charge < -0.3 is 19.9 Å². The van der Waals surface area contributed by atoms with Crippen molar-refractivity contribution in [3.05, 3.63) is 17.7 Å². The third-order valence-electron chi connectivity index (χ3n) is 3.01. The largest absolute Gasteiger partial charge is 0.504 e. The number of nitrogens with one attached hydrogen (secondary N) is 1. The van der Waals surface area contributed by atoms with Gasteiger partial charge in [0.2, 0.25) is 12.5 Å². The minimum atomic E-state index is 0.187. The molecule has 2 aliphatic rings. The Kier molecular flexibility index (Phi) is 1.95. The predicted octanol–water partition coefficient (Wildman–Crippen LogP) is 1.20. The van der Waals surface area contributed by atoms with Crippen molar-refractivity contribution in [2.24, 2.45) is 0 Å². The summed E-state index contributed by atoms with van der Waals surface area (Å²) in [6.45, 7) is 2.22. The van der Waals surface area contributed by atoms with Crippen LogP contribution in [0.3, 0.4) is 0 Å². The van der Waals surface area contributed by atoms with Gasteiger partial charge in [-0.25, -0.2) is 0 Å². The van der Waals surface area contributed by atoms with Crippen molar-refractivity contribution in [1.29, 1.82) is 0 Å². The van der Waals surface area contributed by atoms with E-state index < -0.39 is 0 Å². The van der Waals surface area contributed by atoms with Gasteiger partial charge in [-0.05, 0) is 36.6 Å². The number of phenols is 1. The number of hydrogen-bond donors (Lipinski definition) is 2. The smallest absolute Gasteiger partial charge is 0.231 e. The molecule has 1 saturated heterocycles. The Morgan fingerprint density at radius 3 is 3.07 bits per heavy atom. The van der Waals surface area contributed by atoms with Crippen LogP contribution in [-0.2, 0) is 0 Å². The molecule has 1 aromatic rings. The van der Waals surface area contributed by atoms with E-state index in [9.17, 15) is 5.11 Å². The van der Waals surface area contributed by atoms with Crippen LogP contribution in [0, 0.1) is 0 Å². The number of rotatable bonds is 1. The summed E-state index contributed by atoms with van der Waals surface area (Å²) in [5.74, 6) is 1.80. The lowest BCUT2D eigenvalue weighted by molar-refractivity contribution is 0.171. The van der Waals surface area contributed by atoms with Crippen molar-refractivity contribution in [2.45, 2.75) is 12.3 Å². The Morgan fingerprint density at radius 1 is 1.33 bits per heavy atom. The molecule has 0 radical (unpaired) electrons. The standard InChI is InChI=1S/C11H13NO3/c13-9-3-8(7-1-2-12-5-7)4-10-11(9)15-6-14-10/h3-4,7,12-13H,1-2,5-6H2. The lowest BCUT2D eigenvalue weighted by Gasteiger charge is -2.10. The summed E-state index contributed by atoms with van der Waals surface area (Å²) < 4.78 is 10.4. The van der Waals surface area contributed by atoms with Crippen LogP contribution in [0.4, 0.5) is 0 Å². The SMILES string of the molecule is Oc1cc(C2CCNC2)cc2c1OCO2. The van der Waals surface area contributed by atoms with Crippen molar-refractivity contribution in [3.8, 4) is 17.2 Å². The molecule has 15 heavy (non-hydrogen) atoms. The molecule has 0 bridgehead atoms. The minimum absolute atomic E-state index is 0.187. The van der Waals surface area contributed by atoms with Gasteiger partial charge in [0, 0.05) is 6.54 Å². The molecular formula is C11H13NO3. The Labute approximate surface area is 87.8 Å². The van der Waals surface area contributed by atoms with Crippen molar-refractivity contribution in [1.82, 2.24) is 5.32 Å². The molecule has 1 aromatic carbocycles. The van der Waals surface area contributed by atoms with E-state index in [0.717, 1.165) is 25.1 Å². The summed E-state index contributed by atoms with van der Waals surface area (Å²) in [6.07, 6.45) is 1.11. The first-order valence-electron chi connectivity index (χ1n) is 5.18. The van der Waals surface area contributed by atoms with Crippen LogP contribution in [0.2, 0.25) is 0 Å². The Hall–Kier alpha value is -1.42. The highest BCUT2D eigenvalue weighted by Gasteiger charge is 2.23. The first-order valence-corrected chi connectivity index (χ1v) is 5.18. The maximum absolute atomic E-state index is 9.75. The lowest BCUT2D eigenvalue weighted by atomic mass is 9.98. The van der Waals surface area contributed by atoms with E-state index in [1.807, 2.05) is 6.07 Å².